The molecule has 0 amide bonds. The third kappa shape index (κ3) is 3.49. The predicted octanol–water partition coefficient (Wildman–Crippen LogP) is 2.42. The molecule has 0 aliphatic carbocycles. The van der Waals surface area contributed by atoms with Crippen LogP contribution in [0.2, 0.25) is 0 Å². The van der Waals surface area contributed by atoms with E-state index < -0.39 is 17.7 Å². The number of hydrogen-bond acceptors (Lipinski definition) is 2. The monoisotopic (exact) mass is 236 g/mol. The highest BCUT2D eigenvalue weighted by atomic mass is 19.1. The number of carbonyl (C=O) groups is 1. The van der Waals surface area contributed by atoms with Crippen molar-refractivity contribution in [2.24, 2.45) is 0 Å². The summed E-state index contributed by atoms with van der Waals surface area (Å²) in [5.74, 6) is 3.56. The van der Waals surface area contributed by atoms with Gasteiger partial charge in [-0.25, -0.2) is 4.39 Å². The highest BCUT2D eigenvalue weighted by Crippen LogP contribution is 2.25. The normalized spacial score (nSPS) is 11.2. The fourth-order valence-electron chi connectivity index (χ4n) is 1.51. The van der Waals surface area contributed by atoms with Crippen LogP contribution in [-0.4, -0.2) is 18.2 Å². The molecule has 0 heterocycles. The summed E-state index contributed by atoms with van der Waals surface area (Å²) in [5, 5.41) is 8.75. The van der Waals surface area contributed by atoms with Crippen molar-refractivity contribution in [2.75, 3.05) is 7.11 Å². The third-order valence-corrected chi connectivity index (χ3v) is 2.28. The van der Waals surface area contributed by atoms with E-state index in [1.54, 1.807) is 13.0 Å². The van der Waals surface area contributed by atoms with Crippen LogP contribution in [0.4, 0.5) is 4.39 Å². The third-order valence-electron chi connectivity index (χ3n) is 2.28. The van der Waals surface area contributed by atoms with Crippen molar-refractivity contribution in [3.63, 3.8) is 0 Å². The van der Waals surface area contributed by atoms with Gasteiger partial charge in [0.05, 0.1) is 19.4 Å². The van der Waals surface area contributed by atoms with Crippen LogP contribution in [0.3, 0.4) is 0 Å². The second kappa shape index (κ2) is 5.90. The SMILES string of the molecule is CC#CC(CC(=O)O)c1ccc(OC)cc1F. The molecule has 17 heavy (non-hydrogen) atoms. The average Bonchev–Trinajstić information content (AvgIpc) is 2.27. The molecule has 1 atom stereocenters. The maximum Gasteiger partial charge on any atom is 0.304 e. The first-order valence-corrected chi connectivity index (χ1v) is 5.06. The van der Waals surface area contributed by atoms with Crippen LogP contribution < -0.4 is 4.74 Å². The molecular weight excluding hydrogens is 223 g/mol. The van der Waals surface area contributed by atoms with Crippen LogP contribution in [0, 0.1) is 17.7 Å². The van der Waals surface area contributed by atoms with Gasteiger partial charge in [-0.15, -0.1) is 5.92 Å². The Kier molecular flexibility index (Phi) is 4.53. The van der Waals surface area contributed by atoms with Crippen molar-refractivity contribution in [2.45, 2.75) is 19.3 Å². The summed E-state index contributed by atoms with van der Waals surface area (Å²) in [7, 11) is 1.44. The molecule has 0 spiro atoms. The van der Waals surface area contributed by atoms with Gasteiger partial charge in [0.25, 0.3) is 0 Å². The van der Waals surface area contributed by atoms with E-state index in [4.69, 9.17) is 9.84 Å². The summed E-state index contributed by atoms with van der Waals surface area (Å²) in [5.41, 5.74) is 0.280. The highest BCUT2D eigenvalue weighted by molar-refractivity contribution is 5.69. The topological polar surface area (TPSA) is 46.5 Å². The zero-order chi connectivity index (χ0) is 12.8. The first-order chi connectivity index (χ1) is 8.08. The smallest absolute Gasteiger partial charge is 0.304 e. The molecule has 0 saturated carbocycles. The summed E-state index contributed by atoms with van der Waals surface area (Å²) in [6, 6.07) is 4.32. The van der Waals surface area contributed by atoms with Crippen molar-refractivity contribution in [3.8, 4) is 17.6 Å². The minimum atomic E-state index is -1.01. The Morgan fingerprint density at radius 2 is 2.29 bits per heavy atom. The summed E-state index contributed by atoms with van der Waals surface area (Å²) >= 11 is 0. The van der Waals surface area contributed by atoms with Gasteiger partial charge in [0.2, 0.25) is 0 Å². The number of carboxylic acid groups (broad SMARTS) is 1. The Labute approximate surface area is 99.2 Å². The maximum atomic E-state index is 13.7. The first kappa shape index (κ1) is 13.0. The van der Waals surface area contributed by atoms with E-state index in [9.17, 15) is 9.18 Å². The summed E-state index contributed by atoms with van der Waals surface area (Å²) in [6.07, 6.45) is -0.218. The van der Waals surface area contributed by atoms with Gasteiger partial charge in [0.15, 0.2) is 0 Å². The summed E-state index contributed by atoms with van der Waals surface area (Å²) in [4.78, 5) is 10.7. The predicted molar refractivity (Wildman–Crippen MR) is 61.4 cm³/mol. The van der Waals surface area contributed by atoms with E-state index in [-0.39, 0.29) is 12.0 Å². The quantitative estimate of drug-likeness (QED) is 0.816. The number of aliphatic carboxylic acids is 1. The lowest BCUT2D eigenvalue weighted by atomic mass is 9.95. The van der Waals surface area contributed by atoms with Crippen LogP contribution in [-0.2, 0) is 4.79 Å². The zero-order valence-corrected chi connectivity index (χ0v) is 9.66. The summed E-state index contributed by atoms with van der Waals surface area (Å²) in [6.45, 7) is 1.59. The number of carboxylic acids is 1. The van der Waals surface area contributed by atoms with Crippen molar-refractivity contribution < 1.29 is 19.0 Å². The first-order valence-electron chi connectivity index (χ1n) is 5.06. The molecule has 0 bridgehead atoms. The molecule has 1 aromatic carbocycles. The van der Waals surface area contributed by atoms with Crippen molar-refractivity contribution in [1.29, 1.82) is 0 Å². The number of hydrogen-bond donors (Lipinski definition) is 1. The molecule has 0 fully saturated rings. The molecule has 1 N–H and O–H groups in total. The van der Waals surface area contributed by atoms with Crippen molar-refractivity contribution in [3.05, 3.63) is 29.6 Å². The number of benzene rings is 1. The Hall–Kier alpha value is -2.02. The molecule has 0 saturated heterocycles. The number of halogens is 1. The van der Waals surface area contributed by atoms with Gasteiger partial charge in [-0.3, -0.25) is 4.79 Å². The van der Waals surface area contributed by atoms with E-state index in [2.05, 4.69) is 11.8 Å². The highest BCUT2D eigenvalue weighted by Gasteiger charge is 2.17. The fraction of sp³-hybridized carbons (Fsp3) is 0.308. The lowest BCUT2D eigenvalue weighted by Gasteiger charge is -2.10. The van der Waals surface area contributed by atoms with Gasteiger partial charge in [-0.1, -0.05) is 12.0 Å². The molecule has 90 valence electrons. The largest absolute Gasteiger partial charge is 0.497 e. The van der Waals surface area contributed by atoms with Gasteiger partial charge in [0.1, 0.15) is 11.6 Å². The molecule has 0 aliphatic rings. The molecule has 0 aliphatic heterocycles. The average molecular weight is 236 g/mol. The minimum Gasteiger partial charge on any atom is -0.497 e. The Morgan fingerprint density at radius 1 is 1.59 bits per heavy atom. The molecule has 1 aromatic rings. The second-order valence-corrected chi connectivity index (χ2v) is 3.43. The molecule has 0 radical (unpaired) electrons. The van der Waals surface area contributed by atoms with E-state index in [1.807, 2.05) is 0 Å². The Bertz CT molecular complexity index is 471. The van der Waals surface area contributed by atoms with Gasteiger partial charge in [-0.05, 0) is 13.0 Å². The number of ether oxygens (including phenoxy) is 1. The van der Waals surface area contributed by atoms with Gasteiger partial charge in [0, 0.05) is 11.6 Å². The van der Waals surface area contributed by atoms with Crippen LogP contribution in [0.1, 0.15) is 24.8 Å². The Balaban J connectivity index is 3.08. The molecule has 4 heteroatoms. The van der Waals surface area contributed by atoms with E-state index in [0.717, 1.165) is 0 Å². The van der Waals surface area contributed by atoms with Gasteiger partial charge >= 0.3 is 5.97 Å². The van der Waals surface area contributed by atoms with Crippen molar-refractivity contribution >= 4 is 5.97 Å². The number of methoxy groups -OCH3 is 1. The van der Waals surface area contributed by atoms with Crippen LogP contribution >= 0.6 is 0 Å². The van der Waals surface area contributed by atoms with Gasteiger partial charge < -0.3 is 9.84 Å². The molecular formula is C13H13FO3. The zero-order valence-electron chi connectivity index (χ0n) is 9.66. The Morgan fingerprint density at radius 3 is 2.76 bits per heavy atom. The fourth-order valence-corrected chi connectivity index (χ4v) is 1.51. The molecule has 0 aromatic heterocycles. The lowest BCUT2D eigenvalue weighted by molar-refractivity contribution is -0.137. The van der Waals surface area contributed by atoms with E-state index >= 15 is 0 Å². The van der Waals surface area contributed by atoms with Crippen LogP contribution in [0.5, 0.6) is 5.75 Å². The summed E-state index contributed by atoms with van der Waals surface area (Å²) < 4.78 is 18.6. The number of rotatable bonds is 4. The minimum absolute atomic E-state index is 0.218. The second-order valence-electron chi connectivity index (χ2n) is 3.43. The van der Waals surface area contributed by atoms with Crippen molar-refractivity contribution in [1.82, 2.24) is 0 Å². The van der Waals surface area contributed by atoms with E-state index in [1.165, 1.54) is 19.2 Å². The van der Waals surface area contributed by atoms with Crippen LogP contribution in [0.25, 0.3) is 0 Å². The van der Waals surface area contributed by atoms with Gasteiger partial charge in [-0.2, -0.15) is 0 Å². The maximum absolute atomic E-state index is 13.7. The molecule has 1 rings (SSSR count). The molecule has 1 unspecified atom stereocenters. The molecule has 3 nitrogen and oxygen atoms in total. The lowest BCUT2D eigenvalue weighted by Crippen LogP contribution is -2.06. The standard InChI is InChI=1S/C13H13FO3/c1-3-4-9(7-13(15)16)11-6-5-10(17-2)8-12(11)14/h5-6,8-9H,7H2,1-2H3,(H,15,16). The van der Waals surface area contributed by atoms with Crippen LogP contribution in [0.15, 0.2) is 18.2 Å². The van der Waals surface area contributed by atoms with E-state index in [0.29, 0.717) is 5.75 Å².